The van der Waals surface area contributed by atoms with Crippen molar-refractivity contribution in [1.29, 1.82) is 0 Å². The molecule has 0 aliphatic carbocycles. The van der Waals surface area contributed by atoms with Crippen LogP contribution < -0.4 is 5.32 Å². The van der Waals surface area contributed by atoms with Crippen LogP contribution in [0.3, 0.4) is 0 Å². The van der Waals surface area contributed by atoms with Crippen LogP contribution >= 0.6 is 12.4 Å². The normalized spacial score (nSPS) is 26.3. The number of hydrogen-bond acceptors (Lipinski definition) is 3. The van der Waals surface area contributed by atoms with Gasteiger partial charge in [0, 0.05) is 45.3 Å². The van der Waals surface area contributed by atoms with Crippen molar-refractivity contribution in [2.45, 2.75) is 39.0 Å². The van der Waals surface area contributed by atoms with Crippen LogP contribution in [0.25, 0.3) is 0 Å². The summed E-state index contributed by atoms with van der Waals surface area (Å²) in [4.78, 5) is 15.1. The Morgan fingerprint density at radius 2 is 2.13 bits per heavy atom. The molecule has 6 heteroatoms. The average Bonchev–Trinajstić information content (AvgIpc) is 3.25. The minimum absolute atomic E-state index is 0. The summed E-state index contributed by atoms with van der Waals surface area (Å²) < 4.78 is 1.82. The molecule has 0 saturated carbocycles. The molecule has 3 heterocycles. The van der Waals surface area contributed by atoms with Gasteiger partial charge in [-0.15, -0.1) is 12.4 Å². The summed E-state index contributed by atoms with van der Waals surface area (Å²) in [5, 5.41) is 7.66. The van der Waals surface area contributed by atoms with Crippen LogP contribution in [0.15, 0.2) is 12.4 Å². The highest BCUT2D eigenvalue weighted by molar-refractivity contribution is 5.85. The number of likely N-dealkylation sites (tertiary alicyclic amines) is 1. The van der Waals surface area contributed by atoms with Gasteiger partial charge in [0.25, 0.3) is 0 Å². The second kappa shape index (κ2) is 7.22. The Kier molecular flexibility index (Phi) is 5.74. The zero-order valence-corrected chi connectivity index (χ0v) is 15.2. The van der Waals surface area contributed by atoms with Gasteiger partial charge >= 0.3 is 0 Å². The van der Waals surface area contributed by atoms with Crippen molar-refractivity contribution in [3.05, 3.63) is 18.0 Å². The van der Waals surface area contributed by atoms with Gasteiger partial charge in [0.15, 0.2) is 0 Å². The van der Waals surface area contributed by atoms with Gasteiger partial charge in [-0.05, 0) is 30.2 Å². The third kappa shape index (κ3) is 3.41. The summed E-state index contributed by atoms with van der Waals surface area (Å²) in [6.45, 7) is 8.05. The molecule has 2 aliphatic rings. The Hall–Kier alpha value is -1.07. The van der Waals surface area contributed by atoms with E-state index in [9.17, 15) is 4.79 Å². The van der Waals surface area contributed by atoms with Crippen molar-refractivity contribution in [3.63, 3.8) is 0 Å². The zero-order valence-electron chi connectivity index (χ0n) is 14.4. The molecule has 0 spiro atoms. The van der Waals surface area contributed by atoms with Crippen LogP contribution in [0.5, 0.6) is 0 Å². The van der Waals surface area contributed by atoms with E-state index < -0.39 is 0 Å². The summed E-state index contributed by atoms with van der Waals surface area (Å²) in [5.74, 6) is 0.663. The third-order valence-electron chi connectivity index (χ3n) is 5.93. The molecule has 23 heavy (non-hydrogen) atoms. The Morgan fingerprint density at radius 1 is 1.39 bits per heavy atom. The number of nitrogens with one attached hydrogen (secondary N) is 1. The van der Waals surface area contributed by atoms with E-state index in [-0.39, 0.29) is 24.2 Å². The lowest BCUT2D eigenvalue weighted by Crippen LogP contribution is -2.38. The molecule has 1 N–H and O–H groups in total. The van der Waals surface area contributed by atoms with Crippen LogP contribution in [0.4, 0.5) is 0 Å². The maximum atomic E-state index is 13.0. The largest absolute Gasteiger partial charge is 0.342 e. The second-order valence-electron chi connectivity index (χ2n) is 7.04. The first-order valence-corrected chi connectivity index (χ1v) is 8.56. The van der Waals surface area contributed by atoms with Crippen molar-refractivity contribution < 1.29 is 4.79 Å². The SMILES string of the molecule is CCC1(CC)CCN(C(=O)[C@H]2CNC[C@@H]2c2cnn(C)c2)C1.Cl. The first kappa shape index (κ1) is 18.3. The van der Waals surface area contributed by atoms with Crippen molar-refractivity contribution in [2.24, 2.45) is 18.4 Å². The quantitative estimate of drug-likeness (QED) is 0.914. The minimum atomic E-state index is 0. The summed E-state index contributed by atoms with van der Waals surface area (Å²) in [5.41, 5.74) is 1.54. The second-order valence-corrected chi connectivity index (χ2v) is 7.04. The number of carbonyl (C=O) groups excluding carboxylic acids is 1. The molecule has 0 unspecified atom stereocenters. The molecule has 1 amide bonds. The monoisotopic (exact) mass is 340 g/mol. The maximum Gasteiger partial charge on any atom is 0.227 e. The van der Waals surface area contributed by atoms with Gasteiger partial charge in [0.2, 0.25) is 5.91 Å². The maximum absolute atomic E-state index is 13.0. The lowest BCUT2D eigenvalue weighted by Gasteiger charge is -2.28. The fourth-order valence-electron chi connectivity index (χ4n) is 4.10. The number of amides is 1. The van der Waals surface area contributed by atoms with E-state index in [1.807, 2.05) is 24.1 Å². The number of halogens is 1. The van der Waals surface area contributed by atoms with Crippen LogP contribution in [0.2, 0.25) is 0 Å². The van der Waals surface area contributed by atoms with Gasteiger partial charge in [-0.2, -0.15) is 5.10 Å². The summed E-state index contributed by atoms with van der Waals surface area (Å²) in [7, 11) is 1.93. The summed E-state index contributed by atoms with van der Waals surface area (Å²) in [6.07, 6.45) is 7.45. The molecule has 2 aliphatic heterocycles. The fraction of sp³-hybridized carbons (Fsp3) is 0.765. The topological polar surface area (TPSA) is 50.2 Å². The van der Waals surface area contributed by atoms with Crippen molar-refractivity contribution in [3.8, 4) is 0 Å². The first-order valence-electron chi connectivity index (χ1n) is 8.56. The lowest BCUT2D eigenvalue weighted by molar-refractivity contribution is -0.134. The minimum Gasteiger partial charge on any atom is -0.342 e. The molecule has 0 radical (unpaired) electrons. The van der Waals surface area contributed by atoms with Gasteiger partial charge in [-0.25, -0.2) is 0 Å². The van der Waals surface area contributed by atoms with Crippen LogP contribution in [-0.2, 0) is 11.8 Å². The van der Waals surface area contributed by atoms with Gasteiger partial charge in [0.05, 0.1) is 12.1 Å². The van der Waals surface area contributed by atoms with E-state index in [1.54, 1.807) is 0 Å². The average molecular weight is 341 g/mol. The molecular formula is C17H29ClN4O. The molecule has 1 aromatic heterocycles. The van der Waals surface area contributed by atoms with E-state index in [0.717, 1.165) is 32.6 Å². The highest BCUT2D eigenvalue weighted by Gasteiger charge is 2.42. The molecule has 2 fully saturated rings. The van der Waals surface area contributed by atoms with E-state index in [4.69, 9.17) is 0 Å². The first-order chi connectivity index (χ1) is 10.6. The molecule has 2 saturated heterocycles. The van der Waals surface area contributed by atoms with Gasteiger partial charge in [0.1, 0.15) is 0 Å². The number of hydrogen-bond donors (Lipinski definition) is 1. The number of rotatable bonds is 4. The number of aryl methyl sites for hydroxylation is 1. The summed E-state index contributed by atoms with van der Waals surface area (Å²) >= 11 is 0. The Bertz CT molecular complexity index is 540. The van der Waals surface area contributed by atoms with Crippen molar-refractivity contribution in [1.82, 2.24) is 20.0 Å². The van der Waals surface area contributed by atoms with Crippen molar-refractivity contribution in [2.75, 3.05) is 26.2 Å². The molecular weight excluding hydrogens is 312 g/mol. The van der Waals surface area contributed by atoms with Gasteiger partial charge < -0.3 is 10.2 Å². The number of carbonyl (C=O) groups is 1. The number of nitrogens with zero attached hydrogens (tertiary/aromatic N) is 3. The Labute approximate surface area is 145 Å². The zero-order chi connectivity index (χ0) is 15.7. The molecule has 0 bridgehead atoms. The summed E-state index contributed by atoms with van der Waals surface area (Å²) in [6, 6.07) is 0. The van der Waals surface area contributed by atoms with E-state index >= 15 is 0 Å². The van der Waals surface area contributed by atoms with Crippen molar-refractivity contribution >= 4 is 18.3 Å². The number of aromatic nitrogens is 2. The van der Waals surface area contributed by atoms with E-state index in [0.29, 0.717) is 11.3 Å². The standard InChI is InChI=1S/C17H28N4O.ClH/c1-4-17(5-2)6-7-21(12-17)16(22)15-10-18-9-14(15)13-8-19-20(3)11-13;/h8,11,14-15,18H,4-7,9-10,12H2,1-3H3;1H/t14-,15+;/m1./s1. The molecule has 3 rings (SSSR count). The predicted octanol–water partition coefficient (Wildman–Crippen LogP) is 2.18. The molecule has 0 aromatic carbocycles. The molecule has 1 aromatic rings. The Morgan fingerprint density at radius 3 is 2.70 bits per heavy atom. The van der Waals surface area contributed by atoms with E-state index in [1.165, 1.54) is 18.4 Å². The lowest BCUT2D eigenvalue weighted by atomic mass is 9.82. The molecule has 5 nitrogen and oxygen atoms in total. The van der Waals surface area contributed by atoms with Crippen LogP contribution in [0.1, 0.15) is 44.6 Å². The third-order valence-corrected chi connectivity index (χ3v) is 5.93. The Balaban J connectivity index is 0.00000192. The van der Waals surface area contributed by atoms with E-state index in [2.05, 4.69) is 29.2 Å². The van der Waals surface area contributed by atoms with Crippen LogP contribution in [-0.4, -0.2) is 46.8 Å². The molecule has 2 atom stereocenters. The highest BCUT2D eigenvalue weighted by Crippen LogP contribution is 2.39. The smallest absolute Gasteiger partial charge is 0.227 e. The molecule has 130 valence electrons. The van der Waals surface area contributed by atoms with Gasteiger partial charge in [-0.3, -0.25) is 9.48 Å². The fourth-order valence-corrected chi connectivity index (χ4v) is 4.10. The van der Waals surface area contributed by atoms with Crippen LogP contribution in [0, 0.1) is 11.3 Å². The highest BCUT2D eigenvalue weighted by atomic mass is 35.5. The van der Waals surface area contributed by atoms with Gasteiger partial charge in [-0.1, -0.05) is 13.8 Å². The predicted molar refractivity (Wildman–Crippen MR) is 93.8 cm³/mol.